The summed E-state index contributed by atoms with van der Waals surface area (Å²) in [4.78, 5) is 22.1. The lowest BCUT2D eigenvalue weighted by molar-refractivity contribution is -0.140. The van der Waals surface area contributed by atoms with Crippen molar-refractivity contribution in [2.75, 3.05) is 13.2 Å². The summed E-state index contributed by atoms with van der Waals surface area (Å²) < 4.78 is 9.65. The number of esters is 2. The molecule has 0 amide bonds. The third-order valence-electron chi connectivity index (χ3n) is 3.47. The van der Waals surface area contributed by atoms with Gasteiger partial charge in [0.15, 0.2) is 0 Å². The lowest BCUT2D eigenvalue weighted by Crippen LogP contribution is -2.05. The number of benzene rings is 1. The predicted octanol–water partition coefficient (Wildman–Crippen LogP) is 5.40. The lowest BCUT2D eigenvalue weighted by atomic mass is 10.1. The second kappa shape index (κ2) is 18.2. The summed E-state index contributed by atoms with van der Waals surface area (Å²) in [6.45, 7) is 8.40. The van der Waals surface area contributed by atoms with Crippen LogP contribution < -0.4 is 0 Å². The smallest absolute Gasteiger partial charge is 0.331 e. The summed E-state index contributed by atoms with van der Waals surface area (Å²) in [5.74, 6) is -0.998. The van der Waals surface area contributed by atoms with Gasteiger partial charge in [-0.15, -0.1) is 0 Å². The third-order valence-corrected chi connectivity index (χ3v) is 3.47. The van der Waals surface area contributed by atoms with E-state index in [-0.39, 0.29) is 0 Å². The maximum Gasteiger partial charge on any atom is 0.331 e. The standard InChI is InChI=1S/C12H11N.C12H20O4/c1-11(10-13)6-5-9-12-7-3-2-4-8-12;1-3-5-9-15-11(13)7-8-12(14)16-10-6-4-2/h2-5,7-9H,1,6H2;7-8H,3-6,9-10H2,1-2H3. The molecule has 5 nitrogen and oxygen atoms in total. The Hall–Kier alpha value is -3.13. The van der Waals surface area contributed by atoms with Crippen LogP contribution in [0.1, 0.15) is 51.5 Å². The maximum absolute atomic E-state index is 11.0. The average Bonchev–Trinajstić information content (AvgIpc) is 2.74. The van der Waals surface area contributed by atoms with Crippen LogP contribution in [-0.4, -0.2) is 25.2 Å². The Morgan fingerprint density at radius 2 is 1.52 bits per heavy atom. The molecule has 0 spiro atoms. The van der Waals surface area contributed by atoms with Gasteiger partial charge in [-0.05, 0) is 18.4 Å². The van der Waals surface area contributed by atoms with Crippen LogP contribution in [0.4, 0.5) is 0 Å². The molecule has 0 radical (unpaired) electrons. The molecule has 0 aliphatic carbocycles. The number of unbranched alkanes of at least 4 members (excludes halogenated alkanes) is 2. The van der Waals surface area contributed by atoms with Gasteiger partial charge >= 0.3 is 11.9 Å². The molecule has 0 unspecified atom stereocenters. The van der Waals surface area contributed by atoms with Crippen molar-refractivity contribution in [2.45, 2.75) is 46.0 Å². The van der Waals surface area contributed by atoms with Gasteiger partial charge in [-0.3, -0.25) is 0 Å². The van der Waals surface area contributed by atoms with Crippen molar-refractivity contribution in [2.24, 2.45) is 0 Å². The number of nitrogens with zero attached hydrogens (tertiary/aromatic N) is 1. The van der Waals surface area contributed by atoms with Gasteiger partial charge in [0.25, 0.3) is 0 Å². The molecule has 1 aromatic rings. The monoisotopic (exact) mass is 397 g/mol. The first kappa shape index (κ1) is 25.9. The molecule has 0 aliphatic heterocycles. The number of carbonyl (C=O) groups is 2. The maximum atomic E-state index is 11.0. The second-order valence-electron chi connectivity index (χ2n) is 6.11. The number of nitriles is 1. The Kier molecular flexibility index (Phi) is 16.3. The van der Waals surface area contributed by atoms with Gasteiger partial charge in [0.2, 0.25) is 0 Å². The lowest BCUT2D eigenvalue weighted by Gasteiger charge is -2.00. The number of ether oxygens (including phenoxy) is 2. The number of hydrogen-bond donors (Lipinski definition) is 0. The molecule has 5 heteroatoms. The molecule has 0 saturated carbocycles. The first-order chi connectivity index (χ1) is 14.0. The Balaban J connectivity index is 0.000000551. The van der Waals surface area contributed by atoms with Crippen molar-refractivity contribution in [3.8, 4) is 6.07 Å². The quantitative estimate of drug-likeness (QED) is 0.216. The van der Waals surface area contributed by atoms with Gasteiger partial charge in [0.1, 0.15) is 0 Å². The van der Waals surface area contributed by atoms with Crippen molar-refractivity contribution >= 4 is 18.0 Å². The van der Waals surface area contributed by atoms with Gasteiger partial charge < -0.3 is 9.47 Å². The molecule has 0 fully saturated rings. The summed E-state index contributed by atoms with van der Waals surface area (Å²) in [6, 6.07) is 12.0. The highest BCUT2D eigenvalue weighted by molar-refractivity contribution is 5.91. The fraction of sp³-hybridized carbons (Fsp3) is 0.375. The van der Waals surface area contributed by atoms with Crippen LogP contribution in [0.5, 0.6) is 0 Å². The van der Waals surface area contributed by atoms with Crippen molar-refractivity contribution in [1.82, 2.24) is 0 Å². The summed E-state index contributed by atoms with van der Waals surface area (Å²) in [5.41, 5.74) is 1.74. The largest absolute Gasteiger partial charge is 0.463 e. The van der Waals surface area contributed by atoms with E-state index in [2.05, 4.69) is 6.58 Å². The summed E-state index contributed by atoms with van der Waals surface area (Å²) in [6.07, 6.45) is 10.4. The van der Waals surface area contributed by atoms with Crippen molar-refractivity contribution < 1.29 is 19.1 Å². The molecule has 1 rings (SSSR count). The Morgan fingerprint density at radius 3 is 1.97 bits per heavy atom. The number of carbonyl (C=O) groups excluding carboxylic acids is 2. The number of allylic oxidation sites excluding steroid dienone is 2. The minimum atomic E-state index is -0.499. The van der Waals surface area contributed by atoms with Crippen molar-refractivity contribution in [1.29, 1.82) is 5.26 Å². The highest BCUT2D eigenvalue weighted by Crippen LogP contribution is 2.04. The molecular formula is C24H31NO4. The SMILES string of the molecule is C=C(C#N)CC=Cc1ccccc1.CCCCOC(=O)C=CC(=O)OCCCC. The van der Waals surface area contributed by atoms with Gasteiger partial charge in [0, 0.05) is 24.1 Å². The highest BCUT2D eigenvalue weighted by Gasteiger charge is 2.00. The van der Waals surface area contributed by atoms with Gasteiger partial charge in [-0.2, -0.15) is 5.26 Å². The van der Waals surface area contributed by atoms with Crippen LogP contribution >= 0.6 is 0 Å². The normalized spacial score (nSPS) is 10.1. The van der Waals surface area contributed by atoms with E-state index >= 15 is 0 Å². The van der Waals surface area contributed by atoms with E-state index in [9.17, 15) is 9.59 Å². The minimum Gasteiger partial charge on any atom is -0.463 e. The molecule has 0 aliphatic rings. The molecule has 1 aromatic carbocycles. The topological polar surface area (TPSA) is 76.4 Å². The Labute approximate surface area is 174 Å². The molecule has 156 valence electrons. The molecule has 29 heavy (non-hydrogen) atoms. The van der Waals surface area contributed by atoms with Crippen LogP contribution in [-0.2, 0) is 19.1 Å². The van der Waals surface area contributed by atoms with Crippen molar-refractivity contribution in [3.05, 3.63) is 66.3 Å². The van der Waals surface area contributed by atoms with E-state index in [4.69, 9.17) is 14.7 Å². The summed E-state index contributed by atoms with van der Waals surface area (Å²) in [5, 5.41) is 8.45. The van der Waals surface area contributed by atoms with Crippen LogP contribution in [0.2, 0.25) is 0 Å². The predicted molar refractivity (Wildman–Crippen MR) is 116 cm³/mol. The van der Waals surface area contributed by atoms with Crippen LogP contribution in [0.25, 0.3) is 6.08 Å². The molecular weight excluding hydrogens is 366 g/mol. The van der Waals surface area contributed by atoms with Gasteiger partial charge in [0.05, 0.1) is 19.3 Å². The van der Waals surface area contributed by atoms with Gasteiger partial charge in [-0.25, -0.2) is 9.59 Å². The third kappa shape index (κ3) is 16.7. The summed E-state index contributed by atoms with van der Waals surface area (Å²) >= 11 is 0. The molecule has 0 saturated heterocycles. The van der Waals surface area contributed by atoms with E-state index in [1.54, 1.807) is 0 Å². The van der Waals surface area contributed by atoms with E-state index in [0.717, 1.165) is 43.4 Å². The van der Waals surface area contributed by atoms with E-state index < -0.39 is 11.9 Å². The minimum absolute atomic E-state index is 0.393. The first-order valence-corrected chi connectivity index (χ1v) is 9.84. The zero-order valence-electron chi connectivity index (χ0n) is 17.4. The van der Waals surface area contributed by atoms with Crippen LogP contribution in [0, 0.1) is 11.3 Å². The van der Waals surface area contributed by atoms with E-state index in [1.165, 1.54) is 0 Å². The van der Waals surface area contributed by atoms with E-state index in [0.29, 0.717) is 25.2 Å². The zero-order valence-corrected chi connectivity index (χ0v) is 17.4. The van der Waals surface area contributed by atoms with E-state index in [1.807, 2.05) is 62.4 Å². The second-order valence-corrected chi connectivity index (χ2v) is 6.11. The fourth-order valence-electron chi connectivity index (χ4n) is 1.81. The molecule has 0 heterocycles. The molecule has 0 N–H and O–H groups in total. The van der Waals surface area contributed by atoms with Gasteiger partial charge in [-0.1, -0.05) is 75.8 Å². The van der Waals surface area contributed by atoms with Crippen LogP contribution in [0.3, 0.4) is 0 Å². The fourth-order valence-corrected chi connectivity index (χ4v) is 1.81. The molecule has 0 aromatic heterocycles. The zero-order chi connectivity index (χ0) is 21.7. The van der Waals surface area contributed by atoms with Crippen LogP contribution in [0.15, 0.2) is 60.7 Å². The highest BCUT2D eigenvalue weighted by atomic mass is 16.5. The van der Waals surface area contributed by atoms with Crippen molar-refractivity contribution in [3.63, 3.8) is 0 Å². The molecule has 0 bridgehead atoms. The number of rotatable bonds is 11. The number of hydrogen-bond acceptors (Lipinski definition) is 5. The Morgan fingerprint density at radius 1 is 1.00 bits per heavy atom. The summed E-state index contributed by atoms with van der Waals surface area (Å²) in [7, 11) is 0. The Bertz CT molecular complexity index is 675. The average molecular weight is 398 g/mol. The molecule has 0 atom stereocenters. The first-order valence-electron chi connectivity index (χ1n) is 9.84.